The van der Waals surface area contributed by atoms with Crippen LogP contribution in [0.15, 0.2) is 18.2 Å². The zero-order chi connectivity index (χ0) is 10.7. The predicted molar refractivity (Wildman–Crippen MR) is 59.5 cm³/mol. The van der Waals surface area contributed by atoms with Gasteiger partial charge in [0.15, 0.2) is 0 Å². The number of phenolic OH excluding ortho intramolecular Hbond substituents is 1. The average molecular weight is 207 g/mol. The molecule has 0 spiro atoms. The molecule has 1 aromatic rings. The number of methoxy groups -OCH3 is 1. The van der Waals surface area contributed by atoms with E-state index in [0.29, 0.717) is 11.7 Å². The Morgan fingerprint density at radius 2 is 2.07 bits per heavy atom. The Hall–Kier alpha value is -1.22. The normalized spacial score (nSPS) is 17.7. The van der Waals surface area contributed by atoms with E-state index < -0.39 is 0 Å². The van der Waals surface area contributed by atoms with Crippen molar-refractivity contribution in [3.8, 4) is 11.5 Å². The van der Waals surface area contributed by atoms with E-state index in [0.717, 1.165) is 37.2 Å². The van der Waals surface area contributed by atoms with Gasteiger partial charge >= 0.3 is 0 Å². The van der Waals surface area contributed by atoms with Crippen LogP contribution < -0.4 is 10.1 Å². The Balaban J connectivity index is 2.27. The Morgan fingerprint density at radius 3 is 2.73 bits per heavy atom. The lowest BCUT2D eigenvalue weighted by Crippen LogP contribution is -2.26. The van der Waals surface area contributed by atoms with Gasteiger partial charge in [0, 0.05) is 5.56 Å². The number of nitrogens with one attached hydrogen (secondary N) is 1. The number of benzene rings is 1. The van der Waals surface area contributed by atoms with Crippen LogP contribution in [0.3, 0.4) is 0 Å². The van der Waals surface area contributed by atoms with Gasteiger partial charge in [0.1, 0.15) is 11.5 Å². The van der Waals surface area contributed by atoms with Gasteiger partial charge in [-0.2, -0.15) is 0 Å². The van der Waals surface area contributed by atoms with E-state index in [-0.39, 0.29) is 0 Å². The van der Waals surface area contributed by atoms with Gasteiger partial charge in [-0.15, -0.1) is 0 Å². The van der Waals surface area contributed by atoms with Crippen LogP contribution in [0.2, 0.25) is 0 Å². The molecule has 1 fully saturated rings. The van der Waals surface area contributed by atoms with Gasteiger partial charge in [-0.3, -0.25) is 0 Å². The Kier molecular flexibility index (Phi) is 3.11. The summed E-state index contributed by atoms with van der Waals surface area (Å²) in [5.41, 5.74) is 1.14. The highest BCUT2D eigenvalue weighted by atomic mass is 16.5. The largest absolute Gasteiger partial charge is 0.508 e. The summed E-state index contributed by atoms with van der Waals surface area (Å²) in [4.78, 5) is 0. The van der Waals surface area contributed by atoms with Crippen molar-refractivity contribution in [1.29, 1.82) is 0 Å². The van der Waals surface area contributed by atoms with Crippen molar-refractivity contribution in [2.75, 3.05) is 20.2 Å². The summed E-state index contributed by atoms with van der Waals surface area (Å²) >= 11 is 0. The van der Waals surface area contributed by atoms with E-state index in [4.69, 9.17) is 4.74 Å². The third-order valence-corrected chi connectivity index (χ3v) is 2.99. The van der Waals surface area contributed by atoms with E-state index in [1.807, 2.05) is 12.1 Å². The van der Waals surface area contributed by atoms with Crippen LogP contribution in [-0.4, -0.2) is 25.3 Å². The van der Waals surface area contributed by atoms with Gasteiger partial charge in [0.2, 0.25) is 0 Å². The molecular formula is C12H17NO2. The fourth-order valence-electron chi connectivity index (χ4n) is 2.17. The minimum atomic E-state index is 0.323. The van der Waals surface area contributed by atoms with Crippen LogP contribution >= 0.6 is 0 Å². The van der Waals surface area contributed by atoms with Crippen LogP contribution in [0.1, 0.15) is 24.3 Å². The van der Waals surface area contributed by atoms with Gasteiger partial charge in [-0.05, 0) is 50.0 Å². The number of ether oxygens (including phenoxy) is 1. The van der Waals surface area contributed by atoms with Crippen molar-refractivity contribution in [3.05, 3.63) is 23.8 Å². The molecule has 0 unspecified atom stereocenters. The Bertz CT molecular complexity index is 332. The molecule has 15 heavy (non-hydrogen) atoms. The third-order valence-electron chi connectivity index (χ3n) is 2.99. The van der Waals surface area contributed by atoms with Crippen molar-refractivity contribution in [3.63, 3.8) is 0 Å². The summed E-state index contributed by atoms with van der Waals surface area (Å²) in [5, 5.41) is 12.8. The predicted octanol–water partition coefficient (Wildman–Crippen LogP) is 1.87. The molecule has 3 nitrogen and oxygen atoms in total. The minimum absolute atomic E-state index is 0.323. The van der Waals surface area contributed by atoms with Gasteiger partial charge in [-0.1, -0.05) is 0 Å². The Labute approximate surface area is 90.1 Å². The summed E-state index contributed by atoms with van der Waals surface area (Å²) in [5.74, 6) is 1.72. The van der Waals surface area contributed by atoms with Crippen LogP contribution in [0, 0.1) is 0 Å². The lowest BCUT2D eigenvalue weighted by Gasteiger charge is -2.24. The summed E-state index contributed by atoms with van der Waals surface area (Å²) in [7, 11) is 1.68. The number of phenols is 1. The third kappa shape index (κ3) is 2.23. The van der Waals surface area contributed by atoms with E-state index in [9.17, 15) is 5.11 Å². The second-order valence-electron chi connectivity index (χ2n) is 3.95. The number of rotatable bonds is 2. The Morgan fingerprint density at radius 1 is 1.33 bits per heavy atom. The van der Waals surface area contributed by atoms with Gasteiger partial charge < -0.3 is 15.2 Å². The quantitative estimate of drug-likeness (QED) is 0.778. The molecule has 0 saturated carbocycles. The first-order valence-corrected chi connectivity index (χ1v) is 5.39. The molecule has 1 aromatic carbocycles. The highest BCUT2D eigenvalue weighted by Crippen LogP contribution is 2.34. The second-order valence-corrected chi connectivity index (χ2v) is 3.95. The van der Waals surface area contributed by atoms with Gasteiger partial charge in [0.05, 0.1) is 7.11 Å². The van der Waals surface area contributed by atoms with Crippen LogP contribution in [0.4, 0.5) is 0 Å². The van der Waals surface area contributed by atoms with E-state index in [1.165, 1.54) is 0 Å². The molecule has 1 aliphatic heterocycles. The molecule has 0 bridgehead atoms. The van der Waals surface area contributed by atoms with Crippen molar-refractivity contribution in [2.45, 2.75) is 18.8 Å². The van der Waals surface area contributed by atoms with Crippen molar-refractivity contribution in [1.82, 2.24) is 5.32 Å². The van der Waals surface area contributed by atoms with E-state index in [1.54, 1.807) is 13.2 Å². The molecule has 0 radical (unpaired) electrons. The van der Waals surface area contributed by atoms with Crippen LogP contribution in [-0.2, 0) is 0 Å². The molecule has 0 amide bonds. The fourth-order valence-corrected chi connectivity index (χ4v) is 2.17. The number of piperidine rings is 1. The highest BCUT2D eigenvalue weighted by Gasteiger charge is 2.19. The molecule has 1 heterocycles. The standard InChI is InChI=1S/C12H17NO2/c1-15-12-3-2-10(14)8-11(12)9-4-6-13-7-5-9/h2-3,8-9,13-14H,4-7H2,1H3. The maximum atomic E-state index is 9.49. The summed E-state index contributed by atoms with van der Waals surface area (Å²) in [6, 6.07) is 5.34. The number of hydrogen-bond donors (Lipinski definition) is 2. The van der Waals surface area contributed by atoms with Gasteiger partial charge in [-0.25, -0.2) is 0 Å². The maximum Gasteiger partial charge on any atom is 0.122 e. The SMILES string of the molecule is COc1ccc(O)cc1C1CCNCC1. The molecule has 0 atom stereocenters. The first-order chi connectivity index (χ1) is 7.31. The molecule has 2 rings (SSSR count). The van der Waals surface area contributed by atoms with Crippen molar-refractivity contribution in [2.24, 2.45) is 0 Å². The number of aromatic hydroxyl groups is 1. The summed E-state index contributed by atoms with van der Waals surface area (Å²) in [6.45, 7) is 2.09. The molecule has 2 N–H and O–H groups in total. The topological polar surface area (TPSA) is 41.5 Å². The van der Waals surface area contributed by atoms with Gasteiger partial charge in [0.25, 0.3) is 0 Å². The van der Waals surface area contributed by atoms with Crippen LogP contribution in [0.5, 0.6) is 11.5 Å². The lowest BCUT2D eigenvalue weighted by atomic mass is 9.89. The number of hydrogen-bond acceptors (Lipinski definition) is 3. The second kappa shape index (κ2) is 4.53. The van der Waals surface area contributed by atoms with E-state index >= 15 is 0 Å². The summed E-state index contributed by atoms with van der Waals surface area (Å²) < 4.78 is 5.32. The highest BCUT2D eigenvalue weighted by molar-refractivity contribution is 5.42. The first-order valence-electron chi connectivity index (χ1n) is 5.39. The lowest BCUT2D eigenvalue weighted by molar-refractivity contribution is 0.388. The molecule has 1 saturated heterocycles. The molecule has 0 aliphatic carbocycles. The zero-order valence-corrected chi connectivity index (χ0v) is 8.99. The monoisotopic (exact) mass is 207 g/mol. The fraction of sp³-hybridized carbons (Fsp3) is 0.500. The maximum absolute atomic E-state index is 9.49. The van der Waals surface area contributed by atoms with Crippen molar-refractivity contribution >= 4 is 0 Å². The molecule has 82 valence electrons. The van der Waals surface area contributed by atoms with Crippen molar-refractivity contribution < 1.29 is 9.84 Å². The van der Waals surface area contributed by atoms with E-state index in [2.05, 4.69) is 5.32 Å². The summed E-state index contributed by atoms with van der Waals surface area (Å²) in [6.07, 6.45) is 2.22. The molecular weight excluding hydrogens is 190 g/mol. The molecule has 0 aromatic heterocycles. The average Bonchev–Trinajstić information content (AvgIpc) is 2.30. The molecule has 3 heteroatoms. The smallest absolute Gasteiger partial charge is 0.122 e. The first kappa shape index (κ1) is 10.3. The molecule has 1 aliphatic rings. The minimum Gasteiger partial charge on any atom is -0.508 e. The zero-order valence-electron chi connectivity index (χ0n) is 8.99. The van der Waals surface area contributed by atoms with Crippen LogP contribution in [0.25, 0.3) is 0 Å².